The lowest BCUT2D eigenvalue weighted by atomic mass is 9.96. The number of carbonyl (C=O) groups is 1. The monoisotopic (exact) mass is 281 g/mol. The van der Waals surface area contributed by atoms with E-state index < -0.39 is 0 Å². The summed E-state index contributed by atoms with van der Waals surface area (Å²) in [4.78, 5) is 16.3. The molecule has 3 nitrogen and oxygen atoms in total. The number of likely N-dealkylation sites (tertiary alicyclic amines) is 1. The second-order valence-corrected chi connectivity index (χ2v) is 6.78. The quantitative estimate of drug-likeness (QED) is 0.925. The first-order chi connectivity index (χ1) is 9.02. The van der Waals surface area contributed by atoms with E-state index in [-0.39, 0.29) is 12.0 Å². The molecular formula is C15H23NO2S. The summed E-state index contributed by atoms with van der Waals surface area (Å²) in [6.45, 7) is 7.51. The zero-order valence-electron chi connectivity index (χ0n) is 12.0. The van der Waals surface area contributed by atoms with Gasteiger partial charge in [0.15, 0.2) is 0 Å². The molecule has 2 rings (SSSR count). The molecule has 0 spiro atoms. The molecule has 1 aliphatic rings. The number of nitrogens with zero attached hydrogens (tertiary/aromatic N) is 1. The van der Waals surface area contributed by atoms with E-state index in [9.17, 15) is 9.90 Å². The molecule has 1 N–H and O–H groups in total. The summed E-state index contributed by atoms with van der Waals surface area (Å²) in [6, 6.07) is 2.04. The molecule has 0 aliphatic carbocycles. The van der Waals surface area contributed by atoms with Crippen molar-refractivity contribution in [1.82, 2.24) is 4.90 Å². The molecule has 1 aromatic rings. The Morgan fingerprint density at radius 2 is 2.32 bits per heavy atom. The van der Waals surface area contributed by atoms with E-state index in [4.69, 9.17) is 0 Å². The Hall–Kier alpha value is -0.870. The standard InChI is InChI=1S/C15H23NO2S/c1-4-5-12-8-14(19-11(12)3)15(18)16-7-6-10(2)13(17)9-16/h8,10,13,17H,4-7,9H2,1-3H3. The molecule has 0 saturated carbocycles. The maximum atomic E-state index is 12.4. The van der Waals surface area contributed by atoms with Crippen LogP contribution in [0.4, 0.5) is 0 Å². The number of hydrogen-bond acceptors (Lipinski definition) is 3. The second kappa shape index (κ2) is 6.06. The largest absolute Gasteiger partial charge is 0.391 e. The molecule has 1 saturated heterocycles. The van der Waals surface area contributed by atoms with Gasteiger partial charge in [0.2, 0.25) is 0 Å². The summed E-state index contributed by atoms with van der Waals surface area (Å²) < 4.78 is 0. The summed E-state index contributed by atoms with van der Waals surface area (Å²) >= 11 is 1.59. The zero-order valence-corrected chi connectivity index (χ0v) is 12.8. The molecule has 1 amide bonds. The lowest BCUT2D eigenvalue weighted by Crippen LogP contribution is -2.45. The molecule has 2 unspecified atom stereocenters. The van der Waals surface area contributed by atoms with Crippen molar-refractivity contribution < 1.29 is 9.90 Å². The van der Waals surface area contributed by atoms with Gasteiger partial charge in [-0.25, -0.2) is 0 Å². The highest BCUT2D eigenvalue weighted by atomic mass is 32.1. The lowest BCUT2D eigenvalue weighted by molar-refractivity contribution is 0.0251. The predicted octanol–water partition coefficient (Wildman–Crippen LogP) is 2.85. The molecular weight excluding hydrogens is 258 g/mol. The van der Waals surface area contributed by atoms with E-state index >= 15 is 0 Å². The van der Waals surface area contributed by atoms with Crippen molar-refractivity contribution in [3.63, 3.8) is 0 Å². The van der Waals surface area contributed by atoms with E-state index in [1.165, 1.54) is 10.4 Å². The summed E-state index contributed by atoms with van der Waals surface area (Å²) in [5.74, 6) is 0.381. The number of hydrogen-bond donors (Lipinski definition) is 1. The normalized spacial score (nSPS) is 23.7. The van der Waals surface area contributed by atoms with Crippen molar-refractivity contribution in [3.8, 4) is 0 Å². The third-order valence-corrected chi connectivity index (χ3v) is 5.04. The maximum Gasteiger partial charge on any atom is 0.264 e. The van der Waals surface area contributed by atoms with Crippen LogP contribution < -0.4 is 0 Å². The molecule has 4 heteroatoms. The fraction of sp³-hybridized carbons (Fsp3) is 0.667. The molecule has 0 aromatic carbocycles. The van der Waals surface area contributed by atoms with Crippen LogP contribution in [0.5, 0.6) is 0 Å². The highest BCUT2D eigenvalue weighted by molar-refractivity contribution is 7.14. The van der Waals surface area contributed by atoms with Crippen LogP contribution in [-0.2, 0) is 6.42 Å². The number of carbonyl (C=O) groups excluding carboxylic acids is 1. The molecule has 19 heavy (non-hydrogen) atoms. The number of aliphatic hydroxyl groups is 1. The first-order valence-electron chi connectivity index (χ1n) is 7.09. The molecule has 1 aromatic heterocycles. The van der Waals surface area contributed by atoms with Gasteiger partial charge in [-0.2, -0.15) is 0 Å². The first kappa shape index (κ1) is 14.5. The van der Waals surface area contributed by atoms with Crippen molar-refractivity contribution >= 4 is 17.2 Å². The van der Waals surface area contributed by atoms with Gasteiger partial charge in [-0.05, 0) is 37.3 Å². The SMILES string of the molecule is CCCc1cc(C(=O)N2CCC(C)C(O)C2)sc1C. The van der Waals surface area contributed by atoms with Gasteiger partial charge >= 0.3 is 0 Å². The van der Waals surface area contributed by atoms with Crippen LogP contribution in [0, 0.1) is 12.8 Å². The highest BCUT2D eigenvalue weighted by Gasteiger charge is 2.28. The van der Waals surface area contributed by atoms with Crippen LogP contribution >= 0.6 is 11.3 Å². The first-order valence-corrected chi connectivity index (χ1v) is 7.91. The molecule has 2 heterocycles. The zero-order chi connectivity index (χ0) is 14.0. The summed E-state index contributed by atoms with van der Waals surface area (Å²) in [7, 11) is 0. The molecule has 1 fully saturated rings. The third-order valence-electron chi connectivity index (χ3n) is 3.96. The number of aliphatic hydroxyl groups excluding tert-OH is 1. The predicted molar refractivity (Wildman–Crippen MR) is 78.7 cm³/mol. The summed E-state index contributed by atoms with van der Waals surface area (Å²) in [5, 5.41) is 9.90. The number of aryl methyl sites for hydroxylation is 2. The molecule has 2 atom stereocenters. The van der Waals surface area contributed by atoms with E-state index in [0.717, 1.165) is 30.7 Å². The average Bonchev–Trinajstić information content (AvgIpc) is 2.74. The molecule has 1 aliphatic heterocycles. The number of piperidine rings is 1. The topological polar surface area (TPSA) is 40.5 Å². The van der Waals surface area contributed by atoms with Gasteiger partial charge in [0.05, 0.1) is 11.0 Å². The number of rotatable bonds is 3. The number of thiophene rings is 1. The van der Waals surface area contributed by atoms with Crippen molar-refractivity contribution in [2.75, 3.05) is 13.1 Å². The van der Waals surface area contributed by atoms with Crippen molar-refractivity contribution in [2.24, 2.45) is 5.92 Å². The van der Waals surface area contributed by atoms with Crippen molar-refractivity contribution in [1.29, 1.82) is 0 Å². The fourth-order valence-electron chi connectivity index (χ4n) is 2.53. The van der Waals surface area contributed by atoms with Gasteiger partial charge in [0.1, 0.15) is 0 Å². The fourth-order valence-corrected chi connectivity index (χ4v) is 3.57. The molecule has 0 radical (unpaired) electrons. The Bertz CT molecular complexity index is 455. The molecule has 0 bridgehead atoms. The van der Waals surface area contributed by atoms with Gasteiger partial charge in [-0.1, -0.05) is 20.3 Å². The lowest BCUT2D eigenvalue weighted by Gasteiger charge is -2.34. The van der Waals surface area contributed by atoms with E-state index in [1.54, 1.807) is 16.2 Å². The Kier molecular flexibility index (Phi) is 4.63. The van der Waals surface area contributed by atoms with Crippen LogP contribution in [0.2, 0.25) is 0 Å². The van der Waals surface area contributed by atoms with Crippen LogP contribution in [-0.4, -0.2) is 35.1 Å². The number of amides is 1. The highest BCUT2D eigenvalue weighted by Crippen LogP contribution is 2.26. The average molecular weight is 281 g/mol. The number of β-amino-alcohol motifs (C(OH)–C–C–N with tert-alkyl or cyclic N) is 1. The maximum absolute atomic E-state index is 12.4. The Morgan fingerprint density at radius 1 is 1.58 bits per heavy atom. The Morgan fingerprint density at radius 3 is 2.95 bits per heavy atom. The van der Waals surface area contributed by atoms with E-state index in [0.29, 0.717) is 12.5 Å². The minimum Gasteiger partial charge on any atom is -0.391 e. The van der Waals surface area contributed by atoms with Crippen LogP contribution in [0.15, 0.2) is 6.07 Å². The summed E-state index contributed by atoms with van der Waals surface area (Å²) in [6.07, 6.45) is 2.65. The smallest absolute Gasteiger partial charge is 0.264 e. The van der Waals surface area contributed by atoms with Crippen LogP contribution in [0.3, 0.4) is 0 Å². The third kappa shape index (κ3) is 3.18. The molecule has 106 valence electrons. The van der Waals surface area contributed by atoms with Crippen LogP contribution in [0.25, 0.3) is 0 Å². The van der Waals surface area contributed by atoms with E-state index in [2.05, 4.69) is 13.8 Å². The van der Waals surface area contributed by atoms with Crippen molar-refractivity contribution in [3.05, 3.63) is 21.4 Å². The van der Waals surface area contributed by atoms with Gasteiger partial charge in [-0.3, -0.25) is 4.79 Å². The van der Waals surface area contributed by atoms with Gasteiger partial charge in [0.25, 0.3) is 5.91 Å². The van der Waals surface area contributed by atoms with Gasteiger partial charge < -0.3 is 10.0 Å². The Balaban J connectivity index is 2.09. The van der Waals surface area contributed by atoms with E-state index in [1.807, 2.05) is 13.0 Å². The van der Waals surface area contributed by atoms with Crippen molar-refractivity contribution in [2.45, 2.75) is 46.1 Å². The van der Waals surface area contributed by atoms with Gasteiger partial charge in [0, 0.05) is 18.0 Å². The minimum atomic E-state index is -0.381. The minimum absolute atomic E-state index is 0.0846. The van der Waals surface area contributed by atoms with Gasteiger partial charge in [-0.15, -0.1) is 11.3 Å². The Labute approximate surface area is 119 Å². The second-order valence-electron chi connectivity index (χ2n) is 5.53. The summed E-state index contributed by atoms with van der Waals surface area (Å²) in [5.41, 5.74) is 1.29. The van der Waals surface area contributed by atoms with Crippen LogP contribution in [0.1, 0.15) is 46.8 Å².